The molecule has 1 heterocycles. The van der Waals surface area contributed by atoms with Crippen molar-refractivity contribution in [3.8, 4) is 0 Å². The van der Waals surface area contributed by atoms with E-state index < -0.39 is 0 Å². The molecule has 0 atom stereocenters. The first-order valence-corrected chi connectivity index (χ1v) is 7.66. The summed E-state index contributed by atoms with van der Waals surface area (Å²) in [6, 6.07) is 2.77. The number of nitrogens with one attached hydrogen (secondary N) is 1. The van der Waals surface area contributed by atoms with E-state index in [1.165, 1.54) is 36.9 Å². The Morgan fingerprint density at radius 2 is 1.89 bits per heavy atom. The molecule has 3 rings (SSSR count). The molecular weight excluding hydrogens is 261 g/mol. The second kappa shape index (κ2) is 7.38. The van der Waals surface area contributed by atoms with Crippen LogP contribution in [0.2, 0.25) is 0 Å². The van der Waals surface area contributed by atoms with E-state index in [1.54, 1.807) is 0 Å². The molecule has 0 saturated heterocycles. The maximum atomic E-state index is 13.1. The third-order valence-corrected chi connectivity index (χ3v) is 3.37. The Kier molecular flexibility index (Phi) is 6.15. The van der Waals surface area contributed by atoms with Crippen LogP contribution < -0.4 is 10.5 Å². The molecule has 1 aromatic carbocycles. The van der Waals surface area contributed by atoms with Gasteiger partial charge in [-0.05, 0) is 36.9 Å². The van der Waals surface area contributed by atoms with E-state index in [4.69, 9.17) is 5.73 Å². The zero-order valence-electron chi connectivity index (χ0n) is 12.0. The Bertz CT molecular complexity index is 456. The van der Waals surface area contributed by atoms with Crippen LogP contribution in [0.25, 0.3) is 0 Å². The van der Waals surface area contributed by atoms with Gasteiger partial charge in [-0.3, -0.25) is 0 Å². The zero-order chi connectivity index (χ0) is 14.4. The topological polar surface area (TPSA) is 50.4 Å². The molecule has 1 aliphatic heterocycles. The van der Waals surface area contributed by atoms with Gasteiger partial charge in [-0.25, -0.2) is 9.38 Å². The summed E-state index contributed by atoms with van der Waals surface area (Å²) >= 11 is 1.39. The lowest BCUT2D eigenvalue weighted by Crippen LogP contribution is -2.20. The number of hydrogen-bond acceptors (Lipinski definition) is 4. The number of rotatable bonds is 1. The van der Waals surface area contributed by atoms with Crippen molar-refractivity contribution < 1.29 is 4.39 Å². The fourth-order valence-corrected chi connectivity index (χ4v) is 2.43. The molecule has 19 heavy (non-hydrogen) atoms. The summed E-state index contributed by atoms with van der Waals surface area (Å²) in [5, 5.41) is 0. The van der Waals surface area contributed by atoms with E-state index >= 15 is 0 Å². The van der Waals surface area contributed by atoms with Crippen molar-refractivity contribution in [3.05, 3.63) is 17.9 Å². The maximum absolute atomic E-state index is 13.1. The van der Waals surface area contributed by atoms with Crippen molar-refractivity contribution in [2.75, 3.05) is 5.73 Å². The highest BCUT2D eigenvalue weighted by atomic mass is 32.2. The van der Waals surface area contributed by atoms with Gasteiger partial charge in [-0.1, -0.05) is 27.7 Å². The van der Waals surface area contributed by atoms with Crippen molar-refractivity contribution >= 4 is 29.2 Å². The van der Waals surface area contributed by atoms with Gasteiger partial charge in [0.05, 0.1) is 10.6 Å². The molecule has 2 aliphatic rings. The Labute approximate surface area is 119 Å². The molecular formula is C14H22FN3S. The van der Waals surface area contributed by atoms with E-state index in [1.807, 2.05) is 27.7 Å². The molecule has 0 bridgehead atoms. The lowest BCUT2D eigenvalue weighted by Gasteiger charge is -2.17. The molecule has 3 N–H and O–H groups in total. The number of nitrogen functional groups attached to an aromatic ring is 1. The predicted molar refractivity (Wildman–Crippen MR) is 82.3 cm³/mol. The van der Waals surface area contributed by atoms with E-state index in [0.717, 1.165) is 10.7 Å². The number of aliphatic imine (C=N–C) groups is 1. The highest BCUT2D eigenvalue weighted by molar-refractivity contribution is 7.98. The smallest absolute Gasteiger partial charge is 0.126 e. The fourth-order valence-electron chi connectivity index (χ4n) is 1.57. The average molecular weight is 283 g/mol. The van der Waals surface area contributed by atoms with E-state index in [9.17, 15) is 4.39 Å². The van der Waals surface area contributed by atoms with Gasteiger partial charge in [-0.2, -0.15) is 0 Å². The van der Waals surface area contributed by atoms with Crippen LogP contribution in [-0.4, -0.2) is 5.84 Å². The summed E-state index contributed by atoms with van der Waals surface area (Å²) < 4.78 is 16.2. The number of halogens is 1. The number of amidine groups is 1. The fraction of sp³-hybridized carbons (Fsp3) is 0.500. The van der Waals surface area contributed by atoms with Gasteiger partial charge in [0.25, 0.3) is 0 Å². The Balaban J connectivity index is 0.000000415. The van der Waals surface area contributed by atoms with E-state index in [0.29, 0.717) is 17.3 Å². The first-order valence-electron chi connectivity index (χ1n) is 6.84. The summed E-state index contributed by atoms with van der Waals surface area (Å²) in [6.07, 6.45) is 2.37. The standard InChI is InChI=1S/C10H10FN3S.2C2H6/c11-6-3-7(12)9-8(4-6)15-14-10(13-9)5-1-2-5;2*1-2/h3-5H,1-2,12H2,(H,13,14);2*1-2H3. The Morgan fingerprint density at radius 3 is 2.47 bits per heavy atom. The first-order chi connectivity index (χ1) is 9.24. The van der Waals surface area contributed by atoms with Crippen molar-refractivity contribution in [1.29, 1.82) is 0 Å². The molecule has 0 amide bonds. The largest absolute Gasteiger partial charge is 0.397 e. The minimum absolute atomic E-state index is 0.314. The number of fused-ring (bicyclic) bond motifs is 1. The van der Waals surface area contributed by atoms with E-state index in [-0.39, 0.29) is 5.82 Å². The highest BCUT2D eigenvalue weighted by Gasteiger charge is 2.30. The monoisotopic (exact) mass is 283 g/mol. The average Bonchev–Trinajstić information content (AvgIpc) is 3.27. The summed E-state index contributed by atoms with van der Waals surface area (Å²) in [6.45, 7) is 8.00. The van der Waals surface area contributed by atoms with Crippen molar-refractivity contribution in [3.63, 3.8) is 0 Å². The lowest BCUT2D eigenvalue weighted by molar-refractivity contribution is 0.625. The number of benzene rings is 1. The number of nitrogens with two attached hydrogens (primary N) is 1. The molecule has 1 aromatic rings. The Hall–Kier alpha value is -1.23. The van der Waals surface area contributed by atoms with Crippen LogP contribution in [0.4, 0.5) is 15.8 Å². The Morgan fingerprint density at radius 1 is 1.26 bits per heavy atom. The van der Waals surface area contributed by atoms with Crippen molar-refractivity contribution in [2.24, 2.45) is 10.9 Å². The van der Waals surface area contributed by atoms with E-state index in [2.05, 4.69) is 9.71 Å². The number of nitrogens with zero attached hydrogens (tertiary/aromatic N) is 1. The second-order valence-corrected chi connectivity index (χ2v) is 4.67. The van der Waals surface area contributed by atoms with Gasteiger partial charge in [0, 0.05) is 5.92 Å². The molecule has 5 heteroatoms. The molecule has 1 aliphatic carbocycles. The third-order valence-electron chi connectivity index (χ3n) is 2.53. The van der Waals surface area contributed by atoms with Gasteiger partial charge in [0.1, 0.15) is 17.3 Å². The van der Waals surface area contributed by atoms with Crippen molar-refractivity contribution in [2.45, 2.75) is 45.4 Å². The predicted octanol–water partition coefficient (Wildman–Crippen LogP) is 4.51. The van der Waals surface area contributed by atoms with Gasteiger partial charge >= 0.3 is 0 Å². The van der Waals surface area contributed by atoms with Gasteiger partial charge in [0.2, 0.25) is 0 Å². The molecule has 3 nitrogen and oxygen atoms in total. The van der Waals surface area contributed by atoms with Crippen LogP contribution >= 0.6 is 11.9 Å². The van der Waals surface area contributed by atoms with Crippen LogP contribution in [0, 0.1) is 11.7 Å². The van der Waals surface area contributed by atoms with Crippen LogP contribution in [-0.2, 0) is 0 Å². The highest BCUT2D eigenvalue weighted by Crippen LogP contribution is 2.41. The summed E-state index contributed by atoms with van der Waals surface area (Å²) in [4.78, 5) is 5.20. The zero-order valence-corrected chi connectivity index (χ0v) is 12.8. The molecule has 0 aromatic heterocycles. The number of anilines is 1. The summed E-state index contributed by atoms with van der Waals surface area (Å²) in [7, 11) is 0. The second-order valence-electron chi connectivity index (χ2n) is 3.82. The third kappa shape index (κ3) is 3.86. The van der Waals surface area contributed by atoms with Crippen molar-refractivity contribution in [1.82, 2.24) is 4.72 Å². The van der Waals surface area contributed by atoms with Gasteiger partial charge < -0.3 is 10.5 Å². The SMILES string of the molecule is CC.CC.Nc1cc(F)cc2c1N=C(C1CC1)NS2. The van der Waals surface area contributed by atoms with Crippen LogP contribution in [0.5, 0.6) is 0 Å². The molecule has 0 radical (unpaired) electrons. The molecule has 0 unspecified atom stereocenters. The molecule has 0 spiro atoms. The lowest BCUT2D eigenvalue weighted by atomic mass is 10.2. The quantitative estimate of drug-likeness (QED) is 0.589. The summed E-state index contributed by atoms with van der Waals surface area (Å²) in [5.74, 6) is 1.21. The molecule has 106 valence electrons. The maximum Gasteiger partial charge on any atom is 0.126 e. The van der Waals surface area contributed by atoms with Gasteiger partial charge in [0.15, 0.2) is 0 Å². The first kappa shape index (κ1) is 15.8. The van der Waals surface area contributed by atoms with Gasteiger partial charge in [-0.15, -0.1) is 0 Å². The molecule has 1 fully saturated rings. The molecule has 1 saturated carbocycles. The van der Waals surface area contributed by atoms with Crippen LogP contribution in [0.3, 0.4) is 0 Å². The summed E-state index contributed by atoms with van der Waals surface area (Å²) in [5.41, 5.74) is 6.86. The van der Waals surface area contributed by atoms with Crippen LogP contribution in [0.15, 0.2) is 22.0 Å². The minimum Gasteiger partial charge on any atom is -0.397 e. The van der Waals surface area contributed by atoms with Crippen LogP contribution in [0.1, 0.15) is 40.5 Å². The normalized spacial score (nSPS) is 15.7. The number of hydrogen-bond donors (Lipinski definition) is 2. The minimum atomic E-state index is -0.314.